The second-order valence-corrected chi connectivity index (χ2v) is 5.29. The fraction of sp³-hybridized carbons (Fsp3) is 0.545. The molecule has 0 saturated heterocycles. The van der Waals surface area contributed by atoms with Crippen LogP contribution in [0.4, 0.5) is 5.13 Å². The van der Waals surface area contributed by atoms with Gasteiger partial charge in [0, 0.05) is 24.9 Å². The lowest BCUT2D eigenvalue weighted by Gasteiger charge is -2.10. The first kappa shape index (κ1) is 19.1. The van der Waals surface area contributed by atoms with Crippen LogP contribution in [-0.2, 0) is 4.79 Å². The zero-order valence-electron chi connectivity index (χ0n) is 10.9. The Hall–Kier alpha value is -0.890. The van der Waals surface area contributed by atoms with Crippen LogP contribution in [0.3, 0.4) is 0 Å². The maximum absolute atomic E-state index is 11.8. The predicted molar refractivity (Wildman–Crippen MR) is 83.9 cm³/mol. The van der Waals surface area contributed by atoms with Gasteiger partial charge < -0.3 is 16.4 Å². The van der Waals surface area contributed by atoms with Crippen molar-refractivity contribution in [2.45, 2.75) is 25.8 Å². The van der Waals surface area contributed by atoms with E-state index in [1.165, 1.54) is 18.3 Å². The van der Waals surface area contributed by atoms with Gasteiger partial charge in [-0.3, -0.25) is 9.59 Å². The van der Waals surface area contributed by atoms with Crippen LogP contribution < -0.4 is 16.4 Å². The van der Waals surface area contributed by atoms with Crippen molar-refractivity contribution in [1.29, 1.82) is 0 Å². The molecule has 1 atom stereocenters. The average Bonchev–Trinajstić information content (AvgIpc) is 3.06. The van der Waals surface area contributed by atoms with Gasteiger partial charge in [0.1, 0.15) is 5.69 Å². The molecule has 1 fully saturated rings. The van der Waals surface area contributed by atoms with Crippen LogP contribution in [0.2, 0.25) is 0 Å². The molecule has 1 saturated carbocycles. The van der Waals surface area contributed by atoms with E-state index in [1.807, 2.05) is 0 Å². The number of carbonyl (C=O) groups excluding carboxylic acids is 2. The summed E-state index contributed by atoms with van der Waals surface area (Å²) < 4.78 is 0. The van der Waals surface area contributed by atoms with Crippen molar-refractivity contribution < 1.29 is 9.59 Å². The number of amides is 2. The molecule has 1 aromatic rings. The molecular formula is C11H18Cl2N4O2S. The first-order chi connectivity index (χ1) is 8.56. The van der Waals surface area contributed by atoms with Gasteiger partial charge in [0.25, 0.3) is 5.91 Å². The van der Waals surface area contributed by atoms with Crippen LogP contribution in [0.5, 0.6) is 0 Å². The Kier molecular flexibility index (Phi) is 8.03. The van der Waals surface area contributed by atoms with E-state index in [4.69, 9.17) is 5.73 Å². The molecule has 20 heavy (non-hydrogen) atoms. The van der Waals surface area contributed by atoms with Crippen LogP contribution in [-0.4, -0.2) is 29.4 Å². The van der Waals surface area contributed by atoms with E-state index in [0.717, 1.165) is 12.8 Å². The van der Waals surface area contributed by atoms with Gasteiger partial charge >= 0.3 is 0 Å². The zero-order chi connectivity index (χ0) is 13.1. The number of nitrogens with one attached hydrogen (secondary N) is 2. The van der Waals surface area contributed by atoms with Crippen molar-refractivity contribution in [3.05, 3.63) is 11.1 Å². The standard InChI is InChI=1S/C11H16N4O2S.2ClH/c1-6(16)14-11-15-9(5-18-11)10(17)13-4-8(12)7-2-3-7;;/h5,7-8H,2-4,12H2,1H3,(H,13,17)(H,14,15,16);2*1H. The number of nitrogens with two attached hydrogens (primary N) is 1. The minimum Gasteiger partial charge on any atom is -0.349 e. The molecule has 0 aliphatic heterocycles. The summed E-state index contributed by atoms with van der Waals surface area (Å²) in [6.45, 7) is 1.87. The smallest absolute Gasteiger partial charge is 0.270 e. The maximum atomic E-state index is 11.8. The van der Waals surface area contributed by atoms with Gasteiger partial charge in [0.05, 0.1) is 0 Å². The van der Waals surface area contributed by atoms with Gasteiger partial charge in [-0.1, -0.05) is 0 Å². The van der Waals surface area contributed by atoms with Crippen molar-refractivity contribution >= 4 is 53.1 Å². The number of thiazole rings is 1. The van der Waals surface area contributed by atoms with Gasteiger partial charge in [0.2, 0.25) is 5.91 Å². The molecule has 0 spiro atoms. The van der Waals surface area contributed by atoms with E-state index in [-0.39, 0.29) is 42.7 Å². The lowest BCUT2D eigenvalue weighted by atomic mass is 10.2. The minimum atomic E-state index is -0.251. The highest BCUT2D eigenvalue weighted by Gasteiger charge is 2.28. The Morgan fingerprint density at radius 1 is 1.50 bits per heavy atom. The number of rotatable bonds is 5. The monoisotopic (exact) mass is 340 g/mol. The van der Waals surface area contributed by atoms with E-state index in [9.17, 15) is 9.59 Å². The number of halogens is 2. The Labute approximate surface area is 133 Å². The molecule has 4 N–H and O–H groups in total. The minimum absolute atomic E-state index is 0. The number of nitrogens with zero attached hydrogens (tertiary/aromatic N) is 1. The molecule has 0 aromatic carbocycles. The molecule has 1 aromatic heterocycles. The van der Waals surface area contributed by atoms with Gasteiger partial charge in [-0.25, -0.2) is 4.98 Å². The summed E-state index contributed by atoms with van der Waals surface area (Å²) >= 11 is 1.22. The molecule has 0 radical (unpaired) electrons. The fourth-order valence-electron chi connectivity index (χ4n) is 1.58. The second kappa shape index (κ2) is 8.41. The van der Waals surface area contributed by atoms with E-state index in [2.05, 4.69) is 15.6 Å². The molecule has 9 heteroatoms. The third-order valence-electron chi connectivity index (χ3n) is 2.75. The van der Waals surface area contributed by atoms with Crippen LogP contribution in [0.25, 0.3) is 0 Å². The van der Waals surface area contributed by atoms with Crippen LogP contribution in [0.15, 0.2) is 5.38 Å². The summed E-state index contributed by atoms with van der Waals surface area (Å²) in [6.07, 6.45) is 2.31. The van der Waals surface area contributed by atoms with Crippen molar-refractivity contribution in [1.82, 2.24) is 10.3 Å². The number of anilines is 1. The largest absolute Gasteiger partial charge is 0.349 e. The second-order valence-electron chi connectivity index (χ2n) is 4.43. The van der Waals surface area contributed by atoms with Crippen LogP contribution in [0, 0.1) is 5.92 Å². The molecule has 1 aliphatic carbocycles. The van der Waals surface area contributed by atoms with Gasteiger partial charge in [-0.05, 0) is 18.8 Å². The van der Waals surface area contributed by atoms with Crippen molar-refractivity contribution in [3.8, 4) is 0 Å². The van der Waals surface area contributed by atoms with Gasteiger partial charge in [0.15, 0.2) is 5.13 Å². The van der Waals surface area contributed by atoms with Crippen molar-refractivity contribution in [3.63, 3.8) is 0 Å². The summed E-state index contributed by atoms with van der Waals surface area (Å²) in [5.74, 6) is 0.0988. The highest BCUT2D eigenvalue weighted by Crippen LogP contribution is 2.31. The third-order valence-corrected chi connectivity index (χ3v) is 3.50. The molecule has 1 heterocycles. The quantitative estimate of drug-likeness (QED) is 0.754. The Bertz CT molecular complexity index is 465. The average molecular weight is 341 g/mol. The highest BCUT2D eigenvalue weighted by molar-refractivity contribution is 7.14. The summed E-state index contributed by atoms with van der Waals surface area (Å²) in [6, 6.07) is 0.0300. The first-order valence-corrected chi connectivity index (χ1v) is 6.71. The number of hydrogen-bond acceptors (Lipinski definition) is 5. The third kappa shape index (κ3) is 5.62. The van der Waals surface area contributed by atoms with E-state index >= 15 is 0 Å². The Morgan fingerprint density at radius 3 is 2.70 bits per heavy atom. The molecular weight excluding hydrogens is 323 g/mol. The lowest BCUT2D eigenvalue weighted by molar-refractivity contribution is -0.114. The summed E-state index contributed by atoms with van der Waals surface area (Å²) in [5, 5.41) is 7.34. The highest BCUT2D eigenvalue weighted by atomic mass is 35.5. The topological polar surface area (TPSA) is 97.1 Å². The number of carbonyl (C=O) groups is 2. The van der Waals surface area contributed by atoms with Gasteiger partial charge in [-0.2, -0.15) is 0 Å². The fourth-order valence-corrected chi connectivity index (χ4v) is 2.31. The SMILES string of the molecule is CC(=O)Nc1nc(C(=O)NCC(N)C2CC2)cs1.Cl.Cl. The van der Waals surface area contributed by atoms with E-state index in [1.54, 1.807) is 5.38 Å². The normalized spacial score (nSPS) is 14.5. The summed E-state index contributed by atoms with van der Waals surface area (Å²) in [5.41, 5.74) is 6.20. The number of hydrogen-bond donors (Lipinski definition) is 3. The molecule has 6 nitrogen and oxygen atoms in total. The van der Waals surface area contributed by atoms with Crippen molar-refractivity contribution in [2.75, 3.05) is 11.9 Å². The van der Waals surface area contributed by atoms with Crippen molar-refractivity contribution in [2.24, 2.45) is 11.7 Å². The summed E-state index contributed by atoms with van der Waals surface area (Å²) in [7, 11) is 0. The first-order valence-electron chi connectivity index (χ1n) is 5.83. The van der Waals surface area contributed by atoms with E-state index in [0.29, 0.717) is 23.3 Å². The molecule has 1 aliphatic rings. The molecule has 114 valence electrons. The van der Waals surface area contributed by atoms with Crippen LogP contribution >= 0.6 is 36.2 Å². The number of aromatic nitrogens is 1. The molecule has 2 rings (SSSR count). The maximum Gasteiger partial charge on any atom is 0.270 e. The van der Waals surface area contributed by atoms with Crippen LogP contribution in [0.1, 0.15) is 30.3 Å². The lowest BCUT2D eigenvalue weighted by Crippen LogP contribution is -2.38. The zero-order valence-corrected chi connectivity index (χ0v) is 13.4. The summed E-state index contributed by atoms with van der Waals surface area (Å²) in [4.78, 5) is 26.6. The predicted octanol–water partition coefficient (Wildman–Crippen LogP) is 1.41. The van der Waals surface area contributed by atoms with E-state index < -0.39 is 0 Å². The molecule has 1 unspecified atom stereocenters. The molecule has 0 bridgehead atoms. The Balaban J connectivity index is 0.00000180. The molecule has 2 amide bonds. The Morgan fingerprint density at radius 2 is 2.15 bits per heavy atom. The van der Waals surface area contributed by atoms with Gasteiger partial charge in [-0.15, -0.1) is 36.2 Å².